The molecule has 36 heavy (non-hydrogen) atoms. The summed E-state index contributed by atoms with van der Waals surface area (Å²) in [6, 6.07) is 2.24. The molecule has 4 atom stereocenters. The van der Waals surface area contributed by atoms with E-state index in [1.165, 1.54) is 11.0 Å². The first kappa shape index (κ1) is 25.9. The number of aliphatic hydroxyl groups excluding tert-OH is 2. The summed E-state index contributed by atoms with van der Waals surface area (Å²) in [5.41, 5.74) is 3.43. The van der Waals surface area contributed by atoms with Crippen molar-refractivity contribution in [2.45, 2.75) is 37.3 Å². The summed E-state index contributed by atoms with van der Waals surface area (Å²) in [4.78, 5) is 42.6. The van der Waals surface area contributed by atoms with Gasteiger partial charge in [-0.25, -0.2) is 0 Å². The second-order valence-electron chi connectivity index (χ2n) is 10.5. The van der Waals surface area contributed by atoms with Crippen LogP contribution in [0.25, 0.3) is 0 Å². The second-order valence-corrected chi connectivity index (χ2v) is 10.5. The summed E-state index contributed by atoms with van der Waals surface area (Å²) in [5, 5.41) is 44.3. The lowest BCUT2D eigenvalue weighted by molar-refractivity contribution is -0.148. The van der Waals surface area contributed by atoms with E-state index in [2.05, 4.69) is 4.90 Å². The molecule has 1 aromatic carbocycles. The molecule has 0 fully saturated rings. The van der Waals surface area contributed by atoms with E-state index in [1.54, 1.807) is 20.2 Å². The number of Topliss-reactive ketones (excluding diaryl/α,β-unsaturated/α-hetero) is 2. The number of likely N-dealkylation sites (N-methyl/N-ethyl adjacent to an activating group) is 1. The van der Waals surface area contributed by atoms with Gasteiger partial charge in [0.25, 0.3) is 5.91 Å². The number of fused-ring (bicyclic) bond motifs is 3. The number of ketones is 2. The van der Waals surface area contributed by atoms with E-state index in [1.807, 2.05) is 14.1 Å². The number of carbonyl (C=O) groups is 3. The van der Waals surface area contributed by atoms with Gasteiger partial charge in [-0.05, 0) is 83.5 Å². The number of amides is 1. The Labute approximate surface area is 209 Å². The first-order valence-electron chi connectivity index (χ1n) is 12.0. The van der Waals surface area contributed by atoms with Gasteiger partial charge in [0.05, 0.1) is 11.6 Å². The number of aromatic hydroxyl groups is 1. The molecular weight excluding hydrogens is 466 g/mol. The topological polar surface area (TPSA) is 165 Å². The van der Waals surface area contributed by atoms with E-state index in [9.17, 15) is 34.8 Å². The summed E-state index contributed by atoms with van der Waals surface area (Å²) in [7, 11) is 7.15. The van der Waals surface area contributed by atoms with Crippen LogP contribution in [0, 0.1) is 11.8 Å². The molecule has 0 bridgehead atoms. The van der Waals surface area contributed by atoms with Crippen molar-refractivity contribution in [3.63, 3.8) is 0 Å². The van der Waals surface area contributed by atoms with Crippen LogP contribution >= 0.6 is 0 Å². The van der Waals surface area contributed by atoms with Crippen molar-refractivity contribution in [1.82, 2.24) is 9.80 Å². The lowest BCUT2D eigenvalue weighted by Crippen LogP contribution is -2.63. The number of hydrogen-bond donors (Lipinski definition) is 5. The van der Waals surface area contributed by atoms with Crippen molar-refractivity contribution >= 4 is 17.5 Å². The molecule has 0 saturated heterocycles. The maximum Gasteiger partial charge on any atom is 0.255 e. The van der Waals surface area contributed by atoms with E-state index in [0.29, 0.717) is 18.4 Å². The largest absolute Gasteiger partial charge is 0.510 e. The van der Waals surface area contributed by atoms with Gasteiger partial charge in [0, 0.05) is 11.5 Å². The lowest BCUT2D eigenvalue weighted by atomic mass is 9.58. The van der Waals surface area contributed by atoms with Gasteiger partial charge in [0.2, 0.25) is 5.78 Å². The molecule has 3 aliphatic carbocycles. The van der Waals surface area contributed by atoms with Crippen LogP contribution in [0.3, 0.4) is 0 Å². The monoisotopic (exact) mass is 499 g/mol. The molecule has 10 heteroatoms. The second kappa shape index (κ2) is 9.02. The van der Waals surface area contributed by atoms with Crippen molar-refractivity contribution in [2.24, 2.45) is 17.6 Å². The predicted octanol–water partition coefficient (Wildman–Crippen LogP) is 0.615. The van der Waals surface area contributed by atoms with Gasteiger partial charge in [-0.1, -0.05) is 6.07 Å². The standard InChI is InChI=1S/C26H33N3O7/c1-28(2)9-5-6-12-7-8-16(30)18-14(12)10-13-11-15-20(29(3)4)22(32)19(25(27)35)24(34)26(15,36)23(33)17(13)21(18)31/h7-8,13,15,20,30,32-33,36H,5-6,9-11H2,1-4H3,(H2,27,35)/t13-,15-,20-,26-/m0/s1. The van der Waals surface area contributed by atoms with Gasteiger partial charge >= 0.3 is 0 Å². The highest BCUT2D eigenvalue weighted by Gasteiger charge is 2.63. The van der Waals surface area contributed by atoms with Crippen molar-refractivity contribution in [3.8, 4) is 5.75 Å². The number of allylic oxidation sites excluding steroid dienone is 1. The fourth-order valence-electron chi connectivity index (χ4n) is 6.13. The number of primary amides is 1. The number of carbonyl (C=O) groups excluding carboxylic acids is 3. The number of nitrogens with two attached hydrogens (primary N) is 1. The number of nitrogens with zero attached hydrogens (tertiary/aromatic N) is 2. The highest BCUT2D eigenvalue weighted by atomic mass is 16.3. The van der Waals surface area contributed by atoms with Crippen LogP contribution in [-0.2, 0) is 22.4 Å². The Hall–Kier alpha value is -3.21. The summed E-state index contributed by atoms with van der Waals surface area (Å²) in [5.74, 6) is -6.39. The number of rotatable bonds is 6. The van der Waals surface area contributed by atoms with Crippen LogP contribution in [0.5, 0.6) is 5.75 Å². The quantitative estimate of drug-likeness (QED) is 0.353. The van der Waals surface area contributed by atoms with Gasteiger partial charge in [-0.15, -0.1) is 0 Å². The fraction of sp³-hybridized carbons (Fsp3) is 0.500. The van der Waals surface area contributed by atoms with Gasteiger partial charge in [-0.3, -0.25) is 19.3 Å². The van der Waals surface area contributed by atoms with Crippen LogP contribution in [0.2, 0.25) is 0 Å². The third kappa shape index (κ3) is 3.71. The minimum atomic E-state index is -2.62. The molecule has 0 saturated carbocycles. The third-order valence-corrected chi connectivity index (χ3v) is 7.75. The Balaban J connectivity index is 1.86. The molecule has 3 aliphatic rings. The molecule has 194 valence electrons. The van der Waals surface area contributed by atoms with Crippen LogP contribution in [0.15, 0.2) is 34.8 Å². The number of aliphatic hydroxyl groups is 3. The van der Waals surface area contributed by atoms with Crippen LogP contribution < -0.4 is 5.73 Å². The summed E-state index contributed by atoms with van der Waals surface area (Å²) in [6.45, 7) is 0.842. The van der Waals surface area contributed by atoms with Crippen molar-refractivity contribution in [3.05, 3.63) is 51.5 Å². The summed E-state index contributed by atoms with van der Waals surface area (Å²) < 4.78 is 0. The van der Waals surface area contributed by atoms with E-state index >= 15 is 0 Å². The molecule has 0 unspecified atom stereocenters. The minimum Gasteiger partial charge on any atom is -0.510 e. The average Bonchev–Trinajstić information content (AvgIpc) is 2.77. The lowest BCUT2D eigenvalue weighted by Gasteiger charge is -2.50. The molecule has 4 rings (SSSR count). The normalized spacial score (nSPS) is 27.9. The van der Waals surface area contributed by atoms with Crippen molar-refractivity contribution in [2.75, 3.05) is 34.7 Å². The third-order valence-electron chi connectivity index (χ3n) is 7.75. The van der Waals surface area contributed by atoms with Crippen LogP contribution in [0.4, 0.5) is 0 Å². The number of benzene rings is 1. The van der Waals surface area contributed by atoms with Gasteiger partial charge < -0.3 is 31.1 Å². The van der Waals surface area contributed by atoms with Crippen LogP contribution in [0.1, 0.15) is 34.3 Å². The van der Waals surface area contributed by atoms with Crippen molar-refractivity contribution in [1.29, 1.82) is 0 Å². The van der Waals surface area contributed by atoms with E-state index in [4.69, 9.17) is 5.73 Å². The Bertz CT molecular complexity index is 1220. The molecule has 0 aromatic heterocycles. The van der Waals surface area contributed by atoms with E-state index in [-0.39, 0.29) is 23.3 Å². The SMILES string of the molecule is CN(C)CCCc1ccc(O)c2c1C[C@H]1C[C@H]3[C@H](N(C)C)C(O)=C(C(N)=O)C(=O)[C@@]3(O)C(O)=C1C2=O. The molecule has 0 heterocycles. The van der Waals surface area contributed by atoms with Crippen molar-refractivity contribution < 1.29 is 34.8 Å². The Morgan fingerprint density at radius 1 is 1.14 bits per heavy atom. The molecule has 6 N–H and O–H groups in total. The van der Waals surface area contributed by atoms with Gasteiger partial charge in [0.1, 0.15) is 22.8 Å². The molecule has 0 aliphatic heterocycles. The first-order chi connectivity index (χ1) is 16.8. The molecule has 1 aromatic rings. The molecule has 0 radical (unpaired) electrons. The van der Waals surface area contributed by atoms with E-state index < -0.39 is 58.0 Å². The number of phenols is 1. The average molecular weight is 500 g/mol. The van der Waals surface area contributed by atoms with Gasteiger partial charge in [0.15, 0.2) is 11.4 Å². The number of phenolic OH excluding ortho intramolecular Hbond substituents is 1. The molecule has 0 spiro atoms. The number of aryl methyl sites for hydroxylation is 1. The number of hydrogen-bond acceptors (Lipinski definition) is 9. The predicted molar refractivity (Wildman–Crippen MR) is 131 cm³/mol. The highest BCUT2D eigenvalue weighted by Crippen LogP contribution is 2.52. The zero-order chi connectivity index (χ0) is 26.7. The zero-order valence-electron chi connectivity index (χ0n) is 20.9. The smallest absolute Gasteiger partial charge is 0.255 e. The first-order valence-corrected chi connectivity index (χ1v) is 12.0. The van der Waals surface area contributed by atoms with Gasteiger partial charge in [-0.2, -0.15) is 0 Å². The molecule has 10 nitrogen and oxygen atoms in total. The Morgan fingerprint density at radius 2 is 1.81 bits per heavy atom. The fourth-order valence-corrected chi connectivity index (χ4v) is 6.13. The molecule has 1 amide bonds. The molecular formula is C26H33N3O7. The summed E-state index contributed by atoms with van der Waals surface area (Å²) in [6.07, 6.45) is 1.91. The Kier molecular flexibility index (Phi) is 6.48. The maximum atomic E-state index is 13.7. The minimum absolute atomic E-state index is 0.0538. The Morgan fingerprint density at radius 3 is 2.39 bits per heavy atom. The van der Waals surface area contributed by atoms with E-state index in [0.717, 1.165) is 18.5 Å². The maximum absolute atomic E-state index is 13.7. The van der Waals surface area contributed by atoms with Crippen LogP contribution in [-0.4, -0.2) is 94.1 Å². The highest BCUT2D eigenvalue weighted by molar-refractivity contribution is 6.24. The zero-order valence-corrected chi connectivity index (χ0v) is 20.9. The summed E-state index contributed by atoms with van der Waals surface area (Å²) >= 11 is 0.